The molecule has 0 radical (unpaired) electrons. The Balaban J connectivity index is 1.93. The molecule has 0 spiro atoms. The van der Waals surface area contributed by atoms with Crippen molar-refractivity contribution in [1.29, 1.82) is 0 Å². The number of halogens is 1. The highest BCUT2D eigenvalue weighted by atomic mass is 35.5. The van der Waals surface area contributed by atoms with Crippen LogP contribution in [0.25, 0.3) is 0 Å². The lowest BCUT2D eigenvalue weighted by Gasteiger charge is -2.19. The number of thiocarbonyl (C=S) groups is 1. The van der Waals surface area contributed by atoms with Crippen molar-refractivity contribution >= 4 is 40.6 Å². The minimum atomic E-state index is 0.316. The predicted molar refractivity (Wildman–Crippen MR) is 94.0 cm³/mol. The van der Waals surface area contributed by atoms with Crippen LogP contribution in [-0.2, 0) is 0 Å². The summed E-state index contributed by atoms with van der Waals surface area (Å²) in [6.45, 7) is 1.97. The van der Waals surface area contributed by atoms with Crippen LogP contribution in [0.3, 0.4) is 0 Å². The van der Waals surface area contributed by atoms with E-state index in [2.05, 4.69) is 15.6 Å². The summed E-state index contributed by atoms with van der Waals surface area (Å²) in [7, 11) is 0. The maximum atomic E-state index is 6.15. The number of nitrogens with one attached hydrogen (secondary N) is 2. The standard InChI is InChI=1S/C15H21ClN4S/c1-10-6-5-9-12(16)13(10)19-15(21)20-14(17)18-11-7-3-2-4-8-11/h5-6,9,11H,2-4,7-8H2,1H3,(H4,17,18,19,20,21). The normalized spacial score (nSPS) is 16.6. The van der Waals surface area contributed by atoms with E-state index in [0.29, 0.717) is 22.1 Å². The fourth-order valence-electron chi connectivity index (χ4n) is 2.49. The largest absolute Gasteiger partial charge is 0.370 e. The third-order valence-electron chi connectivity index (χ3n) is 3.60. The molecule has 1 saturated carbocycles. The molecule has 0 heterocycles. The number of hydrogen-bond donors (Lipinski definition) is 3. The van der Waals surface area contributed by atoms with Crippen LogP contribution in [0.15, 0.2) is 23.2 Å². The first-order valence-electron chi connectivity index (χ1n) is 7.22. The quantitative estimate of drug-likeness (QED) is 0.442. The van der Waals surface area contributed by atoms with Gasteiger partial charge in [-0.3, -0.25) is 0 Å². The Morgan fingerprint density at radius 3 is 2.71 bits per heavy atom. The molecule has 4 N–H and O–H groups in total. The van der Waals surface area contributed by atoms with Crippen LogP contribution in [-0.4, -0.2) is 17.1 Å². The van der Waals surface area contributed by atoms with Crippen LogP contribution in [0.1, 0.15) is 37.7 Å². The third kappa shape index (κ3) is 4.86. The molecule has 0 atom stereocenters. The molecule has 0 aliphatic heterocycles. The van der Waals surface area contributed by atoms with Crippen molar-refractivity contribution in [1.82, 2.24) is 5.32 Å². The van der Waals surface area contributed by atoms with Gasteiger partial charge in [0, 0.05) is 0 Å². The minimum absolute atomic E-state index is 0.316. The highest BCUT2D eigenvalue weighted by Gasteiger charge is 2.13. The van der Waals surface area contributed by atoms with E-state index in [1.54, 1.807) is 0 Å². The number of rotatable bonds is 2. The Labute approximate surface area is 136 Å². The maximum absolute atomic E-state index is 6.15. The summed E-state index contributed by atoms with van der Waals surface area (Å²) in [6.07, 6.45) is 5.95. The zero-order chi connectivity index (χ0) is 15.2. The van der Waals surface area contributed by atoms with Crippen LogP contribution in [0, 0.1) is 6.92 Å². The van der Waals surface area contributed by atoms with Gasteiger partial charge in [-0.05, 0) is 43.6 Å². The summed E-state index contributed by atoms with van der Waals surface area (Å²) in [4.78, 5) is 4.49. The number of para-hydroxylation sites is 1. The van der Waals surface area contributed by atoms with Gasteiger partial charge in [-0.15, -0.1) is 0 Å². The smallest absolute Gasteiger partial charge is 0.195 e. The highest BCUT2D eigenvalue weighted by Crippen LogP contribution is 2.25. The molecule has 0 aromatic heterocycles. The highest BCUT2D eigenvalue weighted by molar-refractivity contribution is 7.80. The molecule has 6 heteroatoms. The SMILES string of the molecule is Cc1cccc(Cl)c1NC(=S)NC(N)=NC1CCCCC1. The molecule has 1 aliphatic carbocycles. The number of benzene rings is 1. The molecule has 0 saturated heterocycles. The molecule has 2 rings (SSSR count). The Kier molecular flexibility index (Phi) is 5.82. The van der Waals surface area contributed by atoms with Crippen molar-refractivity contribution < 1.29 is 0 Å². The van der Waals surface area contributed by atoms with Crippen molar-refractivity contribution in [3.05, 3.63) is 28.8 Å². The number of anilines is 1. The first kappa shape index (κ1) is 16.0. The molecule has 0 unspecified atom stereocenters. The van der Waals surface area contributed by atoms with Crippen LogP contribution < -0.4 is 16.4 Å². The first-order chi connectivity index (χ1) is 10.1. The number of aliphatic imine (C=N–C) groups is 1. The van der Waals surface area contributed by atoms with Gasteiger partial charge in [0.15, 0.2) is 11.1 Å². The van der Waals surface area contributed by atoms with E-state index >= 15 is 0 Å². The Hall–Kier alpha value is -1.33. The average Bonchev–Trinajstić information content (AvgIpc) is 2.44. The maximum Gasteiger partial charge on any atom is 0.195 e. The van der Waals surface area contributed by atoms with Gasteiger partial charge in [0.1, 0.15) is 0 Å². The number of nitrogens with zero attached hydrogens (tertiary/aromatic N) is 1. The van der Waals surface area contributed by atoms with Crippen LogP contribution in [0.4, 0.5) is 5.69 Å². The topological polar surface area (TPSA) is 62.4 Å². The van der Waals surface area contributed by atoms with E-state index in [1.165, 1.54) is 19.3 Å². The van der Waals surface area contributed by atoms with Crippen LogP contribution in [0.2, 0.25) is 5.02 Å². The van der Waals surface area contributed by atoms with Crippen molar-refractivity contribution in [2.75, 3.05) is 5.32 Å². The lowest BCUT2D eigenvalue weighted by atomic mass is 9.96. The zero-order valence-electron chi connectivity index (χ0n) is 12.2. The number of hydrogen-bond acceptors (Lipinski definition) is 2. The number of guanidine groups is 1. The molecule has 1 fully saturated rings. The number of aryl methyl sites for hydroxylation is 1. The van der Waals surface area contributed by atoms with Gasteiger partial charge in [0.2, 0.25) is 0 Å². The lowest BCUT2D eigenvalue weighted by Crippen LogP contribution is -2.40. The molecule has 0 amide bonds. The Morgan fingerprint density at radius 2 is 2.05 bits per heavy atom. The third-order valence-corrected chi connectivity index (χ3v) is 4.12. The Bertz CT molecular complexity index is 518. The molecule has 4 nitrogen and oxygen atoms in total. The average molecular weight is 325 g/mol. The molecule has 114 valence electrons. The van der Waals surface area contributed by atoms with Gasteiger partial charge >= 0.3 is 0 Å². The fourth-order valence-corrected chi connectivity index (χ4v) is 2.97. The fraction of sp³-hybridized carbons (Fsp3) is 0.467. The zero-order valence-corrected chi connectivity index (χ0v) is 13.7. The summed E-state index contributed by atoms with van der Waals surface area (Å²) >= 11 is 11.4. The molecule has 1 aromatic carbocycles. The molecular weight excluding hydrogens is 304 g/mol. The Morgan fingerprint density at radius 1 is 1.33 bits per heavy atom. The molecule has 21 heavy (non-hydrogen) atoms. The van der Waals surface area contributed by atoms with Gasteiger partial charge in [0.25, 0.3) is 0 Å². The van der Waals surface area contributed by atoms with E-state index < -0.39 is 0 Å². The second-order valence-corrected chi connectivity index (χ2v) is 6.13. The van der Waals surface area contributed by atoms with E-state index in [4.69, 9.17) is 29.6 Å². The second-order valence-electron chi connectivity index (χ2n) is 5.32. The number of nitrogens with two attached hydrogens (primary N) is 1. The molecule has 1 aliphatic rings. The van der Waals surface area contributed by atoms with E-state index in [9.17, 15) is 0 Å². The van der Waals surface area contributed by atoms with E-state index in [1.807, 2.05) is 25.1 Å². The summed E-state index contributed by atoms with van der Waals surface area (Å²) in [5.74, 6) is 0.365. The first-order valence-corrected chi connectivity index (χ1v) is 8.01. The summed E-state index contributed by atoms with van der Waals surface area (Å²) < 4.78 is 0. The van der Waals surface area contributed by atoms with Gasteiger partial charge in [-0.2, -0.15) is 0 Å². The second kappa shape index (κ2) is 7.61. The van der Waals surface area contributed by atoms with Gasteiger partial charge in [-0.1, -0.05) is 43.0 Å². The summed E-state index contributed by atoms with van der Waals surface area (Å²) in [5, 5.41) is 7.03. The molecule has 0 bridgehead atoms. The minimum Gasteiger partial charge on any atom is -0.370 e. The van der Waals surface area contributed by atoms with Crippen molar-refractivity contribution in [3.8, 4) is 0 Å². The molecular formula is C15H21ClN4S. The van der Waals surface area contributed by atoms with Crippen LogP contribution in [0.5, 0.6) is 0 Å². The lowest BCUT2D eigenvalue weighted by molar-refractivity contribution is 0.442. The van der Waals surface area contributed by atoms with Crippen LogP contribution >= 0.6 is 23.8 Å². The van der Waals surface area contributed by atoms with Crippen molar-refractivity contribution in [2.24, 2.45) is 10.7 Å². The van der Waals surface area contributed by atoms with E-state index in [-0.39, 0.29) is 0 Å². The van der Waals surface area contributed by atoms with Crippen molar-refractivity contribution in [3.63, 3.8) is 0 Å². The monoisotopic (exact) mass is 324 g/mol. The summed E-state index contributed by atoms with van der Waals surface area (Å²) in [5.41, 5.74) is 7.73. The summed E-state index contributed by atoms with van der Waals surface area (Å²) in [6, 6.07) is 6.00. The molecule has 1 aromatic rings. The van der Waals surface area contributed by atoms with Gasteiger partial charge in [-0.25, -0.2) is 4.99 Å². The van der Waals surface area contributed by atoms with Crippen molar-refractivity contribution in [2.45, 2.75) is 45.1 Å². The van der Waals surface area contributed by atoms with E-state index in [0.717, 1.165) is 24.1 Å². The van der Waals surface area contributed by atoms with Gasteiger partial charge in [0.05, 0.1) is 16.8 Å². The predicted octanol–water partition coefficient (Wildman–Crippen LogP) is 3.58. The van der Waals surface area contributed by atoms with Gasteiger partial charge < -0.3 is 16.4 Å².